The highest BCUT2D eigenvalue weighted by Gasteiger charge is 2.26. The van der Waals surface area contributed by atoms with E-state index >= 15 is 0 Å². The van der Waals surface area contributed by atoms with Crippen LogP contribution in [0.25, 0.3) is 5.69 Å². The van der Waals surface area contributed by atoms with Crippen molar-refractivity contribution in [2.75, 3.05) is 0 Å². The van der Waals surface area contributed by atoms with Crippen molar-refractivity contribution < 1.29 is 4.92 Å². The number of thioether (sulfide) groups is 1. The van der Waals surface area contributed by atoms with Gasteiger partial charge in [-0.05, 0) is 35.2 Å². The molecule has 10 heteroatoms. The third-order valence-electron chi connectivity index (χ3n) is 5.86. The lowest BCUT2D eigenvalue weighted by Crippen LogP contribution is -2.40. The monoisotopic (exact) mass is 499 g/mol. The van der Waals surface area contributed by atoms with Crippen LogP contribution in [0.2, 0.25) is 0 Å². The summed E-state index contributed by atoms with van der Waals surface area (Å²) in [5.74, 6) is 1.48. The maximum atomic E-state index is 11.0. The number of aromatic nitrogens is 2. The molecule has 9 nitrogen and oxygen atoms in total. The fourth-order valence-electron chi connectivity index (χ4n) is 3.89. The van der Waals surface area contributed by atoms with Crippen molar-refractivity contribution in [3.8, 4) is 5.69 Å². The van der Waals surface area contributed by atoms with Crippen LogP contribution in [0, 0.1) is 10.1 Å². The molecule has 0 saturated carbocycles. The topological polar surface area (TPSA) is 101 Å². The maximum absolute atomic E-state index is 11.0. The second-order valence-electron chi connectivity index (χ2n) is 8.24. The number of rotatable bonds is 9. The number of hydrazine groups is 2. The van der Waals surface area contributed by atoms with Crippen LogP contribution in [-0.4, -0.2) is 25.5 Å². The van der Waals surface area contributed by atoms with E-state index in [-0.39, 0.29) is 5.69 Å². The first-order valence-electron chi connectivity index (χ1n) is 11.6. The third-order valence-corrected chi connectivity index (χ3v) is 7.01. The summed E-state index contributed by atoms with van der Waals surface area (Å²) < 4.78 is 1.95. The Morgan fingerprint density at radius 1 is 0.944 bits per heavy atom. The van der Waals surface area contributed by atoms with Crippen LogP contribution in [0.3, 0.4) is 0 Å². The van der Waals surface area contributed by atoms with Gasteiger partial charge in [-0.15, -0.1) is 22.4 Å². The van der Waals surface area contributed by atoms with Gasteiger partial charge in [0.05, 0.1) is 28.9 Å². The van der Waals surface area contributed by atoms with E-state index in [0.29, 0.717) is 12.4 Å². The van der Waals surface area contributed by atoms with Crippen LogP contribution in [-0.2, 0) is 18.7 Å². The summed E-state index contributed by atoms with van der Waals surface area (Å²) in [6, 6.07) is 25.3. The van der Waals surface area contributed by atoms with Gasteiger partial charge < -0.3 is 0 Å². The van der Waals surface area contributed by atoms with E-state index in [4.69, 9.17) is 5.10 Å². The number of hydrogen-bond donors (Lipinski definition) is 2. The molecule has 0 amide bonds. The molecule has 1 aromatic heterocycles. The number of nitrogens with zero attached hydrogens (tertiary/aromatic N) is 5. The fraction of sp³-hybridized carbons (Fsp3) is 0.154. The van der Waals surface area contributed by atoms with Crippen molar-refractivity contribution in [1.29, 1.82) is 0 Å². The molecular formula is C26H25N7O2S. The molecule has 0 unspecified atom stereocenters. The third kappa shape index (κ3) is 5.09. The minimum Gasteiger partial charge on any atom is -0.266 e. The van der Waals surface area contributed by atoms with Gasteiger partial charge in [-0.1, -0.05) is 61.5 Å². The van der Waals surface area contributed by atoms with Gasteiger partial charge in [0.15, 0.2) is 5.84 Å². The van der Waals surface area contributed by atoms with Crippen molar-refractivity contribution in [3.63, 3.8) is 0 Å². The minimum absolute atomic E-state index is 0.0649. The van der Waals surface area contributed by atoms with Crippen LogP contribution < -0.4 is 11.1 Å². The van der Waals surface area contributed by atoms with Gasteiger partial charge in [-0.3, -0.25) is 15.1 Å². The summed E-state index contributed by atoms with van der Waals surface area (Å²) in [5, 5.41) is 23.1. The highest BCUT2D eigenvalue weighted by molar-refractivity contribution is 7.98. The number of nitro groups is 1. The lowest BCUT2D eigenvalue weighted by atomic mass is 10.1. The second-order valence-corrected chi connectivity index (χ2v) is 9.20. The molecule has 36 heavy (non-hydrogen) atoms. The molecule has 2 N–H and O–H groups in total. The van der Waals surface area contributed by atoms with Crippen LogP contribution in [0.15, 0.2) is 95.2 Å². The Morgan fingerprint density at radius 2 is 1.67 bits per heavy atom. The fourth-order valence-corrected chi connectivity index (χ4v) is 4.96. The number of amidine groups is 1. The number of benzene rings is 3. The first-order valence-corrected chi connectivity index (χ1v) is 12.5. The molecule has 3 aromatic carbocycles. The minimum atomic E-state index is -0.399. The summed E-state index contributed by atoms with van der Waals surface area (Å²) in [6.07, 6.45) is 2.81. The largest absolute Gasteiger partial charge is 0.269 e. The summed E-state index contributed by atoms with van der Waals surface area (Å²) >= 11 is 1.70. The van der Waals surface area contributed by atoms with Crippen molar-refractivity contribution in [3.05, 3.63) is 117 Å². The molecule has 0 atom stereocenters. The molecule has 1 aliphatic rings. The summed E-state index contributed by atoms with van der Waals surface area (Å²) in [7, 11) is 0. The van der Waals surface area contributed by atoms with Gasteiger partial charge in [-0.25, -0.2) is 10.2 Å². The van der Waals surface area contributed by atoms with Gasteiger partial charge in [0, 0.05) is 17.9 Å². The summed E-state index contributed by atoms with van der Waals surface area (Å²) in [4.78, 5) is 10.6. The van der Waals surface area contributed by atoms with Crippen LogP contribution in [0.4, 0.5) is 5.69 Å². The Kier molecular flexibility index (Phi) is 6.96. The SMILES string of the molecule is CCc1ccc(-n2ncc(C3=NNNN3Cc3ccc([N+](=O)[O-])cc3)c2SCc2ccccc2)cc1. The first-order chi connectivity index (χ1) is 17.6. The molecule has 0 bridgehead atoms. The van der Waals surface area contributed by atoms with E-state index in [1.54, 1.807) is 23.9 Å². The Morgan fingerprint density at radius 3 is 2.36 bits per heavy atom. The molecule has 0 spiro atoms. The van der Waals surface area contributed by atoms with E-state index in [9.17, 15) is 10.1 Å². The molecule has 5 rings (SSSR count). The molecule has 0 fully saturated rings. The molecule has 0 radical (unpaired) electrons. The van der Waals surface area contributed by atoms with Gasteiger partial charge in [0.2, 0.25) is 0 Å². The van der Waals surface area contributed by atoms with Gasteiger partial charge in [-0.2, -0.15) is 5.10 Å². The Bertz CT molecular complexity index is 1370. The predicted molar refractivity (Wildman–Crippen MR) is 140 cm³/mol. The average Bonchev–Trinajstić information content (AvgIpc) is 3.55. The highest BCUT2D eigenvalue weighted by atomic mass is 32.2. The van der Waals surface area contributed by atoms with E-state index in [0.717, 1.165) is 34.0 Å². The quantitative estimate of drug-likeness (QED) is 0.193. The molecular weight excluding hydrogens is 474 g/mol. The van der Waals surface area contributed by atoms with Crippen LogP contribution in [0.1, 0.15) is 29.2 Å². The molecule has 0 saturated heterocycles. The van der Waals surface area contributed by atoms with Gasteiger partial charge in [0.25, 0.3) is 5.69 Å². The Hall–Kier alpha value is -4.15. The lowest BCUT2D eigenvalue weighted by Gasteiger charge is -2.19. The van der Waals surface area contributed by atoms with Crippen molar-refractivity contribution in [1.82, 2.24) is 25.9 Å². The molecule has 1 aliphatic heterocycles. The number of non-ortho nitro benzene ring substituents is 1. The van der Waals surface area contributed by atoms with Crippen LogP contribution >= 0.6 is 11.8 Å². The molecule has 182 valence electrons. The molecule has 0 aliphatic carbocycles. The zero-order chi connectivity index (χ0) is 24.9. The number of aryl methyl sites for hydroxylation is 1. The van der Waals surface area contributed by atoms with Gasteiger partial charge >= 0.3 is 0 Å². The number of nitro benzene ring substituents is 1. The average molecular weight is 500 g/mol. The van der Waals surface area contributed by atoms with E-state index in [1.165, 1.54) is 23.3 Å². The maximum Gasteiger partial charge on any atom is 0.269 e. The first kappa shape index (κ1) is 23.6. The summed E-state index contributed by atoms with van der Waals surface area (Å²) in [5.41, 5.74) is 11.2. The van der Waals surface area contributed by atoms with Crippen LogP contribution in [0.5, 0.6) is 0 Å². The Labute approximate surface area is 212 Å². The number of hydrazone groups is 1. The zero-order valence-electron chi connectivity index (χ0n) is 19.7. The normalized spacial score (nSPS) is 12.9. The van der Waals surface area contributed by atoms with E-state index < -0.39 is 4.92 Å². The zero-order valence-corrected chi connectivity index (χ0v) is 20.5. The smallest absolute Gasteiger partial charge is 0.266 e. The number of hydrogen-bond acceptors (Lipinski definition) is 8. The lowest BCUT2D eigenvalue weighted by molar-refractivity contribution is -0.384. The highest BCUT2D eigenvalue weighted by Crippen LogP contribution is 2.30. The van der Waals surface area contributed by atoms with Gasteiger partial charge in [0.1, 0.15) is 5.03 Å². The van der Waals surface area contributed by atoms with Crippen molar-refractivity contribution in [2.45, 2.75) is 30.7 Å². The van der Waals surface area contributed by atoms with E-state index in [2.05, 4.69) is 59.5 Å². The van der Waals surface area contributed by atoms with E-state index in [1.807, 2.05) is 34.1 Å². The second kappa shape index (κ2) is 10.6. The standard InChI is InChI=1S/C26H25N7O2S/c1-2-19-8-12-22(13-9-19)32-26(36-18-21-6-4-3-5-7-21)24(16-27-32)25-28-29-30-31(25)17-20-10-14-23(15-11-20)33(34)35/h3-16,29-30H,2,17-18H2,1H3. The van der Waals surface area contributed by atoms with Crippen molar-refractivity contribution in [2.24, 2.45) is 5.10 Å². The number of nitrogens with one attached hydrogen (secondary N) is 2. The molecule has 4 aromatic rings. The molecule has 2 heterocycles. The predicted octanol–water partition coefficient (Wildman–Crippen LogP) is 4.82. The summed E-state index contributed by atoms with van der Waals surface area (Å²) in [6.45, 7) is 2.60. The van der Waals surface area contributed by atoms with Crippen molar-refractivity contribution >= 4 is 23.3 Å². The Balaban J connectivity index is 1.45.